The van der Waals surface area contributed by atoms with Crippen LogP contribution < -0.4 is 4.74 Å². The molecule has 0 spiro atoms. The SMILES string of the molecule is CC/C=C/COc1ccc(-c2ccc(-c3ccc(C4=CCC(C5CCC(CCCCC)CC5)CC4)c(F)c3)cc2)c(F)c1F. The number of hydrogen-bond donors (Lipinski definition) is 0. The van der Waals surface area contributed by atoms with Gasteiger partial charge in [-0.2, -0.15) is 4.39 Å². The first-order valence-electron chi connectivity index (χ1n) is 16.8. The van der Waals surface area contributed by atoms with E-state index in [1.165, 1.54) is 63.5 Å². The van der Waals surface area contributed by atoms with Crippen LogP contribution in [0.3, 0.4) is 0 Å². The van der Waals surface area contributed by atoms with Gasteiger partial charge in [-0.05, 0) is 96.7 Å². The summed E-state index contributed by atoms with van der Waals surface area (Å²) in [4.78, 5) is 0. The number of rotatable bonds is 12. The lowest BCUT2D eigenvalue weighted by molar-refractivity contribution is 0.187. The van der Waals surface area contributed by atoms with Gasteiger partial charge in [0.2, 0.25) is 5.82 Å². The second kappa shape index (κ2) is 15.6. The van der Waals surface area contributed by atoms with Gasteiger partial charge in [0.05, 0.1) is 0 Å². The summed E-state index contributed by atoms with van der Waals surface area (Å²) >= 11 is 0. The van der Waals surface area contributed by atoms with E-state index < -0.39 is 11.6 Å². The van der Waals surface area contributed by atoms with Gasteiger partial charge in [-0.3, -0.25) is 0 Å². The maximum Gasteiger partial charge on any atom is 0.201 e. The Morgan fingerprint density at radius 3 is 2.14 bits per heavy atom. The van der Waals surface area contributed by atoms with Crippen molar-refractivity contribution in [2.24, 2.45) is 17.8 Å². The summed E-state index contributed by atoms with van der Waals surface area (Å²) in [5, 5.41) is 0. The summed E-state index contributed by atoms with van der Waals surface area (Å²) in [6, 6.07) is 15.6. The zero-order chi connectivity index (χ0) is 30.9. The van der Waals surface area contributed by atoms with Gasteiger partial charge in [0.25, 0.3) is 0 Å². The molecule has 0 saturated heterocycles. The Labute approximate surface area is 262 Å². The molecule has 0 radical (unpaired) electrons. The highest BCUT2D eigenvalue weighted by Gasteiger charge is 2.29. The fourth-order valence-corrected chi connectivity index (χ4v) is 7.19. The number of halogens is 3. The molecule has 3 aromatic carbocycles. The minimum Gasteiger partial charge on any atom is -0.486 e. The van der Waals surface area contributed by atoms with Gasteiger partial charge in [0, 0.05) is 11.1 Å². The normalized spacial score (nSPS) is 20.6. The van der Waals surface area contributed by atoms with Crippen LogP contribution in [0.5, 0.6) is 5.75 Å². The lowest BCUT2D eigenvalue weighted by Crippen LogP contribution is -2.23. The minimum atomic E-state index is -0.998. The van der Waals surface area contributed by atoms with Gasteiger partial charge in [0.1, 0.15) is 12.4 Å². The van der Waals surface area contributed by atoms with Crippen LogP contribution in [0.15, 0.2) is 72.8 Å². The van der Waals surface area contributed by atoms with Gasteiger partial charge in [-0.25, -0.2) is 8.78 Å². The third-order valence-corrected chi connectivity index (χ3v) is 9.85. The summed E-state index contributed by atoms with van der Waals surface area (Å²) in [5.41, 5.74) is 4.12. The zero-order valence-corrected chi connectivity index (χ0v) is 26.4. The molecule has 1 nitrogen and oxygen atoms in total. The first kappa shape index (κ1) is 32.1. The molecule has 3 aromatic rings. The molecule has 0 N–H and O–H groups in total. The van der Waals surface area contributed by atoms with Crippen molar-refractivity contribution in [2.45, 2.75) is 90.9 Å². The second-order valence-corrected chi connectivity index (χ2v) is 12.7. The molecule has 0 aliphatic heterocycles. The highest BCUT2D eigenvalue weighted by atomic mass is 19.2. The van der Waals surface area contributed by atoms with Crippen molar-refractivity contribution in [3.63, 3.8) is 0 Å². The van der Waals surface area contributed by atoms with Gasteiger partial charge in [-0.1, -0.05) is 107 Å². The minimum absolute atomic E-state index is 0.108. The van der Waals surface area contributed by atoms with Gasteiger partial charge in [-0.15, -0.1) is 0 Å². The highest BCUT2D eigenvalue weighted by Crippen LogP contribution is 2.43. The molecule has 5 rings (SSSR count). The van der Waals surface area contributed by atoms with Gasteiger partial charge in [0.15, 0.2) is 11.6 Å². The summed E-state index contributed by atoms with van der Waals surface area (Å²) in [5.74, 6) is 0.246. The Morgan fingerprint density at radius 1 is 0.727 bits per heavy atom. The Kier molecular flexibility index (Phi) is 11.4. The molecular weight excluding hydrogens is 553 g/mol. The van der Waals surface area contributed by atoms with E-state index in [0.717, 1.165) is 60.1 Å². The number of benzene rings is 3. The highest BCUT2D eigenvalue weighted by molar-refractivity contribution is 5.74. The average molecular weight is 601 g/mol. The van der Waals surface area contributed by atoms with Crippen molar-refractivity contribution in [3.8, 4) is 28.0 Å². The number of hydrogen-bond acceptors (Lipinski definition) is 1. The third kappa shape index (κ3) is 7.86. The molecule has 4 heteroatoms. The summed E-state index contributed by atoms with van der Waals surface area (Å²) < 4.78 is 50.3. The van der Waals surface area contributed by atoms with E-state index in [0.29, 0.717) is 11.1 Å². The van der Waals surface area contributed by atoms with Crippen molar-refractivity contribution in [2.75, 3.05) is 6.61 Å². The lowest BCUT2D eigenvalue weighted by Gasteiger charge is -2.35. The number of allylic oxidation sites excluding steroid dienone is 3. The molecule has 0 heterocycles. The van der Waals surface area contributed by atoms with E-state index in [1.807, 2.05) is 37.3 Å². The van der Waals surface area contributed by atoms with Crippen LogP contribution >= 0.6 is 0 Å². The predicted molar refractivity (Wildman–Crippen MR) is 177 cm³/mol. The van der Waals surface area contributed by atoms with E-state index >= 15 is 4.39 Å². The predicted octanol–water partition coefficient (Wildman–Crippen LogP) is 12.4. The smallest absolute Gasteiger partial charge is 0.201 e. The van der Waals surface area contributed by atoms with Crippen LogP contribution in [0.1, 0.15) is 96.5 Å². The van der Waals surface area contributed by atoms with E-state index in [4.69, 9.17) is 4.74 Å². The Hall–Kier alpha value is -3.27. The maximum absolute atomic E-state index is 15.4. The topological polar surface area (TPSA) is 9.23 Å². The Balaban J connectivity index is 1.19. The molecule has 2 aliphatic carbocycles. The molecule has 44 heavy (non-hydrogen) atoms. The van der Waals surface area contributed by atoms with Crippen molar-refractivity contribution < 1.29 is 17.9 Å². The molecule has 0 amide bonds. The van der Waals surface area contributed by atoms with E-state index in [9.17, 15) is 8.78 Å². The maximum atomic E-state index is 15.4. The van der Waals surface area contributed by atoms with Crippen LogP contribution in [-0.4, -0.2) is 6.61 Å². The van der Waals surface area contributed by atoms with Crippen molar-refractivity contribution >= 4 is 5.57 Å². The standard InChI is InChI=1S/C40H47F3O/c1-3-5-7-9-28-10-12-29(13-11-28)30-14-18-32(19-15-30)35-23-22-34(27-37(35)41)31-16-20-33(21-17-31)36-24-25-38(40(43)39(36)42)44-26-8-6-4-2/h6,8,16-18,20-25,27-30H,3-5,7,9-15,19,26H2,1-2H3/b8-6+. The van der Waals surface area contributed by atoms with Crippen molar-refractivity contribution in [3.05, 3.63) is 95.8 Å². The third-order valence-electron chi connectivity index (χ3n) is 9.85. The van der Waals surface area contributed by atoms with E-state index in [2.05, 4.69) is 13.0 Å². The molecule has 0 aromatic heterocycles. The molecule has 1 saturated carbocycles. The first-order valence-corrected chi connectivity index (χ1v) is 16.8. The van der Waals surface area contributed by atoms with Crippen LogP contribution in [0, 0.1) is 35.2 Å². The first-order chi connectivity index (χ1) is 21.5. The summed E-state index contributed by atoms with van der Waals surface area (Å²) in [6.45, 7) is 4.46. The molecule has 1 unspecified atom stereocenters. The number of unbranched alkanes of at least 4 members (excludes halogenated alkanes) is 2. The summed E-state index contributed by atoms with van der Waals surface area (Å²) in [7, 11) is 0. The Morgan fingerprint density at radius 2 is 1.45 bits per heavy atom. The van der Waals surface area contributed by atoms with Gasteiger partial charge < -0.3 is 4.74 Å². The number of ether oxygens (including phenoxy) is 1. The quantitative estimate of drug-likeness (QED) is 0.148. The van der Waals surface area contributed by atoms with Crippen molar-refractivity contribution in [1.82, 2.24) is 0 Å². The molecule has 234 valence electrons. The summed E-state index contributed by atoms with van der Waals surface area (Å²) in [6.07, 6.45) is 21.0. The fraction of sp³-hybridized carbons (Fsp3) is 0.450. The van der Waals surface area contributed by atoms with Crippen LogP contribution in [0.25, 0.3) is 27.8 Å². The average Bonchev–Trinajstić information content (AvgIpc) is 3.06. The lowest BCUT2D eigenvalue weighted by atomic mass is 9.70. The molecule has 2 aliphatic rings. The van der Waals surface area contributed by atoms with Crippen LogP contribution in [0.4, 0.5) is 13.2 Å². The second-order valence-electron chi connectivity index (χ2n) is 12.7. The van der Waals surface area contributed by atoms with Crippen LogP contribution in [-0.2, 0) is 0 Å². The monoisotopic (exact) mass is 600 g/mol. The Bertz CT molecular complexity index is 1430. The van der Waals surface area contributed by atoms with Crippen molar-refractivity contribution in [1.29, 1.82) is 0 Å². The fourth-order valence-electron chi connectivity index (χ4n) is 7.19. The van der Waals surface area contributed by atoms with Gasteiger partial charge >= 0.3 is 0 Å². The molecule has 1 atom stereocenters. The van der Waals surface area contributed by atoms with Crippen LogP contribution in [0.2, 0.25) is 0 Å². The largest absolute Gasteiger partial charge is 0.486 e. The zero-order valence-electron chi connectivity index (χ0n) is 26.4. The van der Waals surface area contributed by atoms with E-state index in [1.54, 1.807) is 24.3 Å². The molecular formula is C40H47F3O. The molecule has 1 fully saturated rings. The van der Waals surface area contributed by atoms with E-state index in [-0.39, 0.29) is 23.7 Å². The molecule has 0 bridgehead atoms.